The van der Waals surface area contributed by atoms with Gasteiger partial charge in [-0.1, -0.05) is 13.8 Å². The first-order chi connectivity index (χ1) is 3.13. The lowest BCUT2D eigenvalue weighted by Crippen LogP contribution is -1.96. The number of rotatable bonds is 1. The third-order valence-corrected chi connectivity index (χ3v) is 0.431. The molecular weight excluding hydrogens is 88.1 g/mol. The highest BCUT2D eigenvalue weighted by Gasteiger charge is 1.56. The minimum atomic E-state index is 0.000000000000000222. The van der Waals surface area contributed by atoms with Crippen LogP contribution in [0.1, 0.15) is 13.8 Å². The second-order valence-corrected chi connectivity index (χ2v) is 1.50. The molecule has 0 aromatic rings. The van der Waals surface area contributed by atoms with Gasteiger partial charge in [-0.15, -0.1) is 0 Å². The number of allylic oxidation sites excluding steroid dienone is 3. The molecule has 0 aromatic heterocycles. The molecule has 0 aromatic carbocycles. The number of hydrogen-bond acceptors (Lipinski definition) is 1. The molecule has 0 radical (unpaired) electrons. The van der Waals surface area contributed by atoms with Crippen molar-refractivity contribution in [1.29, 1.82) is 0 Å². The highest BCUT2D eigenvalue weighted by molar-refractivity contribution is 5.10. The summed E-state index contributed by atoms with van der Waals surface area (Å²) in [5, 5.41) is 10.1. The van der Waals surface area contributed by atoms with Crippen LogP contribution in [0, 0.1) is 6.58 Å². The van der Waals surface area contributed by atoms with E-state index in [-0.39, 0.29) is 5.76 Å². The summed E-state index contributed by atoms with van der Waals surface area (Å²) < 4.78 is 0. The Labute approximate surface area is 44.0 Å². The fraction of sp³-hybridized carbons (Fsp3) is 0.333. The quantitative estimate of drug-likeness (QED) is 0.267. The van der Waals surface area contributed by atoms with E-state index in [1.54, 1.807) is 6.92 Å². The van der Waals surface area contributed by atoms with Crippen LogP contribution >= 0.6 is 0 Å². The molecule has 1 heteroatoms. The smallest absolute Gasteiger partial charge is 0.0711 e. The first kappa shape index (κ1) is 6.28. The fourth-order valence-electron chi connectivity index (χ4n) is 0.321. The van der Waals surface area contributed by atoms with E-state index < -0.39 is 0 Å². The SMILES string of the molecule is [CH-]=C(C)/C=C(/C)[O-]. The lowest BCUT2D eigenvalue weighted by molar-refractivity contribution is -0.301. The maximum atomic E-state index is 10.1. The van der Waals surface area contributed by atoms with Crippen molar-refractivity contribution in [2.24, 2.45) is 0 Å². The maximum Gasteiger partial charge on any atom is -0.0711 e. The standard InChI is InChI=1S/C6H9O/c1-5(2)4-6(3)7/h1,4,7H,2-3H3/q-1/p-1/b6-4-. The van der Waals surface area contributed by atoms with Crippen LogP contribution < -0.4 is 5.11 Å². The van der Waals surface area contributed by atoms with Gasteiger partial charge in [-0.2, -0.15) is 0 Å². The van der Waals surface area contributed by atoms with Crippen molar-refractivity contribution >= 4 is 0 Å². The molecule has 0 saturated carbocycles. The van der Waals surface area contributed by atoms with E-state index in [2.05, 4.69) is 0 Å². The average Bonchev–Trinajstić information content (AvgIpc) is 1.27. The van der Waals surface area contributed by atoms with Crippen LogP contribution in [-0.4, -0.2) is 0 Å². The lowest BCUT2D eigenvalue weighted by Gasteiger charge is -2.09. The third-order valence-electron chi connectivity index (χ3n) is 0.431. The van der Waals surface area contributed by atoms with E-state index in [4.69, 9.17) is 6.58 Å². The Kier molecular flexibility index (Phi) is 2.20. The van der Waals surface area contributed by atoms with E-state index in [1.807, 2.05) is 0 Å². The van der Waals surface area contributed by atoms with Gasteiger partial charge in [-0.3, -0.25) is 6.58 Å². The monoisotopic (exact) mass is 96.1 g/mol. The van der Waals surface area contributed by atoms with Crippen molar-refractivity contribution < 1.29 is 5.11 Å². The lowest BCUT2D eigenvalue weighted by atomic mass is 10.3. The zero-order valence-electron chi connectivity index (χ0n) is 4.56. The summed E-state index contributed by atoms with van der Waals surface area (Å²) in [4.78, 5) is 0. The van der Waals surface area contributed by atoms with Gasteiger partial charge in [-0.05, 0) is 0 Å². The topological polar surface area (TPSA) is 23.1 Å². The van der Waals surface area contributed by atoms with Crippen LogP contribution in [0.3, 0.4) is 0 Å². The Morgan fingerprint density at radius 2 is 2.00 bits per heavy atom. The molecular formula is C6H8O-2. The van der Waals surface area contributed by atoms with Crippen molar-refractivity contribution in [3.63, 3.8) is 0 Å². The summed E-state index contributed by atoms with van der Waals surface area (Å²) >= 11 is 0. The molecule has 0 unspecified atom stereocenters. The van der Waals surface area contributed by atoms with Crippen LogP contribution in [-0.2, 0) is 0 Å². The predicted octanol–water partition coefficient (Wildman–Crippen LogP) is 0.630. The van der Waals surface area contributed by atoms with Crippen LogP contribution in [0.4, 0.5) is 0 Å². The highest BCUT2D eigenvalue weighted by Crippen LogP contribution is 1.89. The molecule has 0 N–H and O–H groups in total. The van der Waals surface area contributed by atoms with Gasteiger partial charge in [0.1, 0.15) is 0 Å². The van der Waals surface area contributed by atoms with Gasteiger partial charge < -0.3 is 5.11 Å². The van der Waals surface area contributed by atoms with Gasteiger partial charge in [0, 0.05) is 0 Å². The minimum absolute atomic E-state index is 0.000000000000000222. The van der Waals surface area contributed by atoms with Gasteiger partial charge in [0.05, 0.1) is 0 Å². The molecule has 1 nitrogen and oxygen atoms in total. The van der Waals surface area contributed by atoms with E-state index in [0.717, 1.165) is 0 Å². The van der Waals surface area contributed by atoms with Crippen molar-refractivity contribution in [1.82, 2.24) is 0 Å². The number of hydrogen-bond donors (Lipinski definition) is 0. The molecule has 40 valence electrons. The van der Waals surface area contributed by atoms with E-state index in [0.29, 0.717) is 5.57 Å². The maximum absolute atomic E-state index is 10.1. The predicted molar refractivity (Wildman–Crippen MR) is 27.2 cm³/mol. The minimum Gasteiger partial charge on any atom is -0.889 e. The molecule has 0 heterocycles. The van der Waals surface area contributed by atoms with Gasteiger partial charge in [-0.25, -0.2) is 17.4 Å². The fourth-order valence-corrected chi connectivity index (χ4v) is 0.321. The summed E-state index contributed by atoms with van der Waals surface area (Å²) in [6.45, 7) is 8.28. The molecule has 0 amide bonds. The molecule has 0 rings (SSSR count). The molecule has 0 aliphatic heterocycles. The molecule has 0 saturated heterocycles. The second kappa shape index (κ2) is 2.45. The molecule has 0 fully saturated rings. The largest absolute Gasteiger partial charge is 0.889 e. The summed E-state index contributed by atoms with van der Waals surface area (Å²) in [6, 6.07) is 0. The third kappa shape index (κ3) is 5.28. The van der Waals surface area contributed by atoms with Crippen molar-refractivity contribution in [3.05, 3.63) is 24.0 Å². The van der Waals surface area contributed by atoms with Crippen LogP contribution in [0.5, 0.6) is 0 Å². The van der Waals surface area contributed by atoms with Crippen molar-refractivity contribution in [2.45, 2.75) is 13.8 Å². The second-order valence-electron chi connectivity index (χ2n) is 1.50. The highest BCUT2D eigenvalue weighted by atomic mass is 16.3. The Bertz CT molecular complexity index is 96.7. The average molecular weight is 96.1 g/mol. The first-order valence-corrected chi connectivity index (χ1v) is 2.07. The van der Waals surface area contributed by atoms with Crippen molar-refractivity contribution in [2.75, 3.05) is 0 Å². The van der Waals surface area contributed by atoms with Crippen LogP contribution in [0.25, 0.3) is 0 Å². The zero-order valence-corrected chi connectivity index (χ0v) is 4.56. The zero-order chi connectivity index (χ0) is 5.86. The summed E-state index contributed by atoms with van der Waals surface area (Å²) in [5.74, 6) is 0.000000000000000222. The molecule has 0 aliphatic rings. The molecule has 0 atom stereocenters. The molecule has 7 heavy (non-hydrogen) atoms. The Morgan fingerprint density at radius 3 is 2.00 bits per heavy atom. The molecule has 0 bridgehead atoms. The van der Waals surface area contributed by atoms with Gasteiger partial charge in [0.15, 0.2) is 0 Å². The summed E-state index contributed by atoms with van der Waals surface area (Å²) in [5.41, 5.74) is 0.563. The van der Waals surface area contributed by atoms with E-state index in [9.17, 15) is 5.11 Å². The molecule has 0 spiro atoms. The van der Waals surface area contributed by atoms with Crippen molar-refractivity contribution in [3.8, 4) is 0 Å². The normalized spacial score (nSPS) is 11.4. The van der Waals surface area contributed by atoms with E-state index in [1.165, 1.54) is 13.0 Å². The van der Waals surface area contributed by atoms with Gasteiger partial charge >= 0.3 is 0 Å². The molecule has 0 aliphatic carbocycles. The van der Waals surface area contributed by atoms with E-state index >= 15 is 0 Å². The van der Waals surface area contributed by atoms with Crippen LogP contribution in [0.2, 0.25) is 0 Å². The Balaban J connectivity index is 3.68. The first-order valence-electron chi connectivity index (χ1n) is 2.07. The van der Waals surface area contributed by atoms with Crippen LogP contribution in [0.15, 0.2) is 17.4 Å². The van der Waals surface area contributed by atoms with Gasteiger partial charge in [0.25, 0.3) is 0 Å². The van der Waals surface area contributed by atoms with Gasteiger partial charge in [0.2, 0.25) is 0 Å². The summed E-state index contributed by atoms with van der Waals surface area (Å²) in [6.07, 6.45) is 1.39. The summed E-state index contributed by atoms with van der Waals surface area (Å²) in [7, 11) is 0. The Hall–Kier alpha value is -0.720. The Morgan fingerprint density at radius 1 is 1.57 bits per heavy atom.